The predicted octanol–water partition coefficient (Wildman–Crippen LogP) is 3.13. The van der Waals surface area contributed by atoms with Crippen LogP contribution in [0, 0.1) is 11.8 Å². The molecule has 0 aliphatic heterocycles. The second kappa shape index (κ2) is 7.13. The molecule has 0 aromatic rings. The van der Waals surface area contributed by atoms with E-state index in [4.69, 9.17) is 4.74 Å². The van der Waals surface area contributed by atoms with E-state index in [-0.39, 0.29) is 11.5 Å². The van der Waals surface area contributed by atoms with Gasteiger partial charge in [0, 0.05) is 5.54 Å². The quantitative estimate of drug-likeness (QED) is 0.741. The van der Waals surface area contributed by atoms with Crippen LogP contribution < -0.4 is 5.32 Å². The van der Waals surface area contributed by atoms with Crippen LogP contribution in [0.4, 0.5) is 0 Å². The lowest BCUT2D eigenvalue weighted by atomic mass is 9.68. The molecule has 3 atom stereocenters. The molecular weight excluding hydrogens is 226 g/mol. The van der Waals surface area contributed by atoms with E-state index >= 15 is 0 Å². The molecule has 1 fully saturated rings. The van der Waals surface area contributed by atoms with E-state index in [1.807, 2.05) is 6.92 Å². The molecule has 1 saturated carbocycles. The SMILES string of the molecule is CCCNC1(CC(=O)OCC)CC(C)CCC1C. The minimum atomic E-state index is -0.0537. The van der Waals surface area contributed by atoms with Crippen molar-refractivity contribution in [2.45, 2.75) is 65.3 Å². The summed E-state index contributed by atoms with van der Waals surface area (Å²) in [4.78, 5) is 11.9. The molecule has 18 heavy (non-hydrogen) atoms. The molecule has 0 bridgehead atoms. The van der Waals surface area contributed by atoms with Crippen molar-refractivity contribution in [1.29, 1.82) is 0 Å². The van der Waals surface area contributed by atoms with E-state index in [1.54, 1.807) is 0 Å². The minimum absolute atomic E-state index is 0.0417. The molecule has 3 unspecified atom stereocenters. The highest BCUT2D eigenvalue weighted by molar-refractivity contribution is 5.71. The summed E-state index contributed by atoms with van der Waals surface area (Å²) in [5.74, 6) is 1.19. The van der Waals surface area contributed by atoms with Crippen molar-refractivity contribution in [2.75, 3.05) is 13.2 Å². The lowest BCUT2D eigenvalue weighted by Crippen LogP contribution is -2.55. The molecule has 0 aromatic carbocycles. The van der Waals surface area contributed by atoms with E-state index in [2.05, 4.69) is 26.1 Å². The first-order chi connectivity index (χ1) is 8.54. The Morgan fingerprint density at radius 1 is 1.33 bits per heavy atom. The second-order valence-electron chi connectivity index (χ2n) is 5.85. The zero-order chi connectivity index (χ0) is 13.6. The van der Waals surface area contributed by atoms with Crippen LogP contribution in [0.15, 0.2) is 0 Å². The Kier molecular flexibility index (Phi) is 6.13. The Balaban J connectivity index is 2.75. The molecule has 1 aliphatic carbocycles. The number of carbonyl (C=O) groups is 1. The summed E-state index contributed by atoms with van der Waals surface area (Å²) in [7, 11) is 0. The molecule has 1 N–H and O–H groups in total. The van der Waals surface area contributed by atoms with Crippen molar-refractivity contribution in [3.05, 3.63) is 0 Å². The van der Waals surface area contributed by atoms with Crippen molar-refractivity contribution in [2.24, 2.45) is 11.8 Å². The van der Waals surface area contributed by atoms with Crippen molar-refractivity contribution in [3.8, 4) is 0 Å². The number of rotatable bonds is 6. The summed E-state index contributed by atoms with van der Waals surface area (Å²) >= 11 is 0. The normalized spacial score (nSPS) is 32.2. The van der Waals surface area contributed by atoms with Gasteiger partial charge in [-0.3, -0.25) is 4.79 Å². The number of nitrogens with one attached hydrogen (secondary N) is 1. The molecule has 0 spiro atoms. The third-order valence-electron chi connectivity index (χ3n) is 4.24. The smallest absolute Gasteiger partial charge is 0.307 e. The Hall–Kier alpha value is -0.570. The Morgan fingerprint density at radius 2 is 2.06 bits per heavy atom. The van der Waals surface area contributed by atoms with Crippen LogP contribution in [0.3, 0.4) is 0 Å². The van der Waals surface area contributed by atoms with Gasteiger partial charge in [-0.2, -0.15) is 0 Å². The second-order valence-corrected chi connectivity index (χ2v) is 5.85. The fourth-order valence-corrected chi connectivity index (χ4v) is 3.13. The number of hydrogen-bond donors (Lipinski definition) is 1. The first kappa shape index (κ1) is 15.5. The average Bonchev–Trinajstić information content (AvgIpc) is 2.32. The van der Waals surface area contributed by atoms with Crippen LogP contribution in [-0.2, 0) is 9.53 Å². The van der Waals surface area contributed by atoms with Crippen LogP contribution in [0.1, 0.15) is 59.8 Å². The maximum atomic E-state index is 11.9. The number of esters is 1. The summed E-state index contributed by atoms with van der Waals surface area (Å²) in [5.41, 5.74) is -0.0417. The predicted molar refractivity (Wildman–Crippen MR) is 74.5 cm³/mol. The monoisotopic (exact) mass is 255 g/mol. The van der Waals surface area contributed by atoms with Gasteiger partial charge in [-0.05, 0) is 44.6 Å². The van der Waals surface area contributed by atoms with Gasteiger partial charge < -0.3 is 10.1 Å². The molecule has 1 aliphatic rings. The van der Waals surface area contributed by atoms with Gasteiger partial charge in [-0.25, -0.2) is 0 Å². The third kappa shape index (κ3) is 3.98. The zero-order valence-corrected chi connectivity index (χ0v) is 12.4. The van der Waals surface area contributed by atoms with Gasteiger partial charge in [-0.15, -0.1) is 0 Å². The molecule has 1 rings (SSSR count). The number of carbonyl (C=O) groups excluding carboxylic acids is 1. The molecular formula is C15H29NO2. The van der Waals surface area contributed by atoms with Gasteiger partial charge >= 0.3 is 5.97 Å². The van der Waals surface area contributed by atoms with Gasteiger partial charge in [0.15, 0.2) is 0 Å². The maximum absolute atomic E-state index is 11.9. The summed E-state index contributed by atoms with van der Waals surface area (Å²) < 4.78 is 5.15. The van der Waals surface area contributed by atoms with Crippen LogP contribution in [-0.4, -0.2) is 24.7 Å². The van der Waals surface area contributed by atoms with Crippen molar-refractivity contribution < 1.29 is 9.53 Å². The van der Waals surface area contributed by atoms with E-state index in [9.17, 15) is 4.79 Å². The summed E-state index contributed by atoms with van der Waals surface area (Å²) in [6.07, 6.45) is 5.20. The molecule has 0 radical (unpaired) electrons. The highest BCUT2D eigenvalue weighted by Gasteiger charge is 2.41. The largest absolute Gasteiger partial charge is 0.466 e. The van der Waals surface area contributed by atoms with E-state index in [0.717, 1.165) is 19.4 Å². The first-order valence-electron chi connectivity index (χ1n) is 7.44. The van der Waals surface area contributed by atoms with Gasteiger partial charge in [-0.1, -0.05) is 27.2 Å². The van der Waals surface area contributed by atoms with Crippen LogP contribution in [0.2, 0.25) is 0 Å². The van der Waals surface area contributed by atoms with Gasteiger partial charge in [0.1, 0.15) is 0 Å². The first-order valence-corrected chi connectivity index (χ1v) is 7.44. The molecule has 0 saturated heterocycles. The maximum Gasteiger partial charge on any atom is 0.307 e. The van der Waals surface area contributed by atoms with Crippen LogP contribution in [0.25, 0.3) is 0 Å². The van der Waals surface area contributed by atoms with Crippen LogP contribution in [0.5, 0.6) is 0 Å². The number of ether oxygens (including phenoxy) is 1. The number of hydrogen-bond acceptors (Lipinski definition) is 3. The fraction of sp³-hybridized carbons (Fsp3) is 0.933. The standard InChI is InChI=1S/C15H29NO2/c1-5-9-16-15(11-14(17)18-6-2)10-12(3)7-8-13(15)4/h12-13,16H,5-11H2,1-4H3. The fourth-order valence-electron chi connectivity index (χ4n) is 3.13. The molecule has 3 nitrogen and oxygen atoms in total. The highest BCUT2D eigenvalue weighted by Crippen LogP contribution is 2.39. The van der Waals surface area contributed by atoms with Gasteiger partial charge in [0.25, 0.3) is 0 Å². The highest BCUT2D eigenvalue weighted by atomic mass is 16.5. The van der Waals surface area contributed by atoms with E-state index in [1.165, 1.54) is 12.8 Å². The summed E-state index contributed by atoms with van der Waals surface area (Å²) in [6, 6.07) is 0. The van der Waals surface area contributed by atoms with Crippen molar-refractivity contribution in [1.82, 2.24) is 5.32 Å². The molecule has 0 heterocycles. The Bertz CT molecular complexity index is 267. The van der Waals surface area contributed by atoms with Crippen molar-refractivity contribution >= 4 is 5.97 Å². The Labute approximate surface area is 112 Å². The van der Waals surface area contributed by atoms with Crippen LogP contribution >= 0.6 is 0 Å². The molecule has 3 heteroatoms. The van der Waals surface area contributed by atoms with Crippen molar-refractivity contribution in [3.63, 3.8) is 0 Å². The lowest BCUT2D eigenvalue weighted by Gasteiger charge is -2.45. The van der Waals surface area contributed by atoms with Gasteiger partial charge in [0.05, 0.1) is 13.0 Å². The van der Waals surface area contributed by atoms with Gasteiger partial charge in [0.2, 0.25) is 0 Å². The summed E-state index contributed by atoms with van der Waals surface area (Å²) in [6.45, 7) is 10.1. The zero-order valence-electron chi connectivity index (χ0n) is 12.4. The molecule has 106 valence electrons. The third-order valence-corrected chi connectivity index (χ3v) is 4.24. The van der Waals surface area contributed by atoms with E-state index in [0.29, 0.717) is 24.9 Å². The minimum Gasteiger partial charge on any atom is -0.466 e. The molecule has 0 amide bonds. The summed E-state index contributed by atoms with van der Waals surface area (Å²) in [5, 5.41) is 3.65. The lowest BCUT2D eigenvalue weighted by molar-refractivity contribution is -0.146. The van der Waals surface area contributed by atoms with E-state index < -0.39 is 0 Å². The average molecular weight is 255 g/mol. The topological polar surface area (TPSA) is 38.3 Å². The molecule has 0 aromatic heterocycles. The Morgan fingerprint density at radius 3 is 2.67 bits per heavy atom.